The lowest BCUT2D eigenvalue weighted by Crippen LogP contribution is -2.30. The SMILES string of the molecule is CC.Cc1csc(C(=O)N2CC3CC3C2)n1. The Hall–Kier alpha value is -0.900. The molecule has 4 heteroatoms. The monoisotopic (exact) mass is 238 g/mol. The van der Waals surface area contributed by atoms with E-state index in [1.807, 2.05) is 31.1 Å². The molecule has 0 aromatic carbocycles. The summed E-state index contributed by atoms with van der Waals surface area (Å²) in [5.74, 6) is 1.75. The van der Waals surface area contributed by atoms with Crippen molar-refractivity contribution in [1.82, 2.24) is 9.88 Å². The molecular weight excluding hydrogens is 220 g/mol. The molecule has 0 N–H and O–H groups in total. The minimum Gasteiger partial charge on any atom is -0.336 e. The number of hydrogen-bond acceptors (Lipinski definition) is 3. The van der Waals surface area contributed by atoms with E-state index in [9.17, 15) is 4.79 Å². The van der Waals surface area contributed by atoms with Crippen molar-refractivity contribution in [3.63, 3.8) is 0 Å². The van der Waals surface area contributed by atoms with Gasteiger partial charge in [-0.15, -0.1) is 11.3 Å². The zero-order valence-corrected chi connectivity index (χ0v) is 10.9. The second-order valence-electron chi connectivity index (χ2n) is 4.26. The Labute approximate surface area is 100 Å². The van der Waals surface area contributed by atoms with Crippen LogP contribution in [0.4, 0.5) is 0 Å². The van der Waals surface area contributed by atoms with Gasteiger partial charge in [0.05, 0.1) is 0 Å². The molecule has 2 unspecified atom stereocenters. The van der Waals surface area contributed by atoms with Crippen molar-refractivity contribution in [3.8, 4) is 0 Å². The third-order valence-electron chi connectivity index (χ3n) is 3.07. The van der Waals surface area contributed by atoms with Crippen molar-refractivity contribution < 1.29 is 4.79 Å². The van der Waals surface area contributed by atoms with E-state index in [4.69, 9.17) is 0 Å². The molecular formula is C12H18N2OS. The number of carbonyl (C=O) groups excluding carboxylic acids is 1. The summed E-state index contributed by atoms with van der Waals surface area (Å²) in [7, 11) is 0. The van der Waals surface area contributed by atoms with Gasteiger partial charge in [-0.3, -0.25) is 4.79 Å². The first kappa shape index (κ1) is 11.6. The fourth-order valence-electron chi connectivity index (χ4n) is 2.15. The van der Waals surface area contributed by atoms with Crippen molar-refractivity contribution in [2.75, 3.05) is 13.1 Å². The lowest BCUT2D eigenvalue weighted by atomic mass is 10.4. The number of nitrogens with zero attached hydrogens (tertiary/aromatic N) is 2. The van der Waals surface area contributed by atoms with Gasteiger partial charge in [-0.2, -0.15) is 0 Å². The standard InChI is InChI=1S/C10H12N2OS.C2H6/c1-6-5-14-9(11-6)10(13)12-3-7-2-8(7)4-12;1-2/h5,7-8H,2-4H2,1H3;1-2H3. The second-order valence-corrected chi connectivity index (χ2v) is 5.12. The first-order chi connectivity index (χ1) is 7.74. The Morgan fingerprint density at radius 2 is 2.06 bits per heavy atom. The zero-order valence-electron chi connectivity index (χ0n) is 10.1. The van der Waals surface area contributed by atoms with Crippen molar-refractivity contribution in [2.24, 2.45) is 11.8 Å². The van der Waals surface area contributed by atoms with Crippen LogP contribution in [0, 0.1) is 18.8 Å². The summed E-state index contributed by atoms with van der Waals surface area (Å²) in [5.41, 5.74) is 0.947. The third kappa shape index (κ3) is 2.12. The first-order valence-corrected chi connectivity index (χ1v) is 6.83. The summed E-state index contributed by atoms with van der Waals surface area (Å²) in [6, 6.07) is 0. The van der Waals surface area contributed by atoms with Crippen LogP contribution >= 0.6 is 11.3 Å². The number of rotatable bonds is 1. The van der Waals surface area contributed by atoms with Crippen LogP contribution in [-0.2, 0) is 0 Å². The van der Waals surface area contributed by atoms with Gasteiger partial charge in [0.25, 0.3) is 5.91 Å². The highest BCUT2D eigenvalue weighted by atomic mass is 32.1. The number of fused-ring (bicyclic) bond motifs is 1. The molecule has 1 aromatic heterocycles. The number of carbonyl (C=O) groups is 1. The lowest BCUT2D eigenvalue weighted by Gasteiger charge is -2.15. The van der Waals surface area contributed by atoms with Gasteiger partial charge in [0.1, 0.15) is 0 Å². The molecule has 2 heterocycles. The first-order valence-electron chi connectivity index (χ1n) is 5.95. The quantitative estimate of drug-likeness (QED) is 0.753. The van der Waals surface area contributed by atoms with E-state index in [-0.39, 0.29) is 5.91 Å². The second kappa shape index (κ2) is 4.53. The normalized spacial score (nSPS) is 25.8. The highest BCUT2D eigenvalue weighted by Gasteiger charge is 2.46. The molecule has 1 saturated carbocycles. The van der Waals surface area contributed by atoms with Crippen LogP contribution in [0.3, 0.4) is 0 Å². The molecule has 2 fully saturated rings. The minimum absolute atomic E-state index is 0.135. The Morgan fingerprint density at radius 3 is 2.56 bits per heavy atom. The van der Waals surface area contributed by atoms with Crippen molar-refractivity contribution in [3.05, 3.63) is 16.1 Å². The van der Waals surface area contributed by atoms with Gasteiger partial charge in [0.2, 0.25) is 0 Å². The van der Waals surface area contributed by atoms with Crippen molar-refractivity contribution in [2.45, 2.75) is 27.2 Å². The van der Waals surface area contributed by atoms with Gasteiger partial charge in [-0.25, -0.2) is 4.98 Å². The Morgan fingerprint density at radius 1 is 1.44 bits per heavy atom. The fourth-order valence-corrected chi connectivity index (χ4v) is 2.91. The zero-order chi connectivity index (χ0) is 11.7. The number of hydrogen-bond donors (Lipinski definition) is 0. The predicted molar refractivity (Wildman–Crippen MR) is 65.7 cm³/mol. The molecule has 0 bridgehead atoms. The number of aromatic nitrogens is 1. The summed E-state index contributed by atoms with van der Waals surface area (Å²) in [6.07, 6.45) is 1.33. The molecule has 1 aliphatic carbocycles. The Bertz CT molecular complexity index is 378. The number of aryl methyl sites for hydroxylation is 1. The van der Waals surface area contributed by atoms with E-state index in [2.05, 4.69) is 4.98 Å². The molecule has 0 radical (unpaired) electrons. The van der Waals surface area contributed by atoms with E-state index in [1.165, 1.54) is 17.8 Å². The summed E-state index contributed by atoms with van der Waals surface area (Å²) in [4.78, 5) is 18.1. The number of thiazole rings is 1. The van der Waals surface area contributed by atoms with Gasteiger partial charge in [0, 0.05) is 24.2 Å². The molecule has 3 rings (SSSR count). The molecule has 1 amide bonds. The van der Waals surface area contributed by atoms with Crippen molar-refractivity contribution >= 4 is 17.2 Å². The maximum Gasteiger partial charge on any atom is 0.282 e. The van der Waals surface area contributed by atoms with E-state index >= 15 is 0 Å². The molecule has 0 spiro atoms. The maximum absolute atomic E-state index is 11.9. The Balaban J connectivity index is 0.000000457. The smallest absolute Gasteiger partial charge is 0.282 e. The Kier molecular flexibility index (Phi) is 3.28. The van der Waals surface area contributed by atoms with E-state index < -0.39 is 0 Å². The molecule has 16 heavy (non-hydrogen) atoms. The largest absolute Gasteiger partial charge is 0.336 e. The molecule has 2 atom stereocenters. The van der Waals surface area contributed by atoms with Gasteiger partial charge >= 0.3 is 0 Å². The van der Waals surface area contributed by atoms with Crippen LogP contribution < -0.4 is 0 Å². The number of piperidine rings is 1. The van der Waals surface area contributed by atoms with E-state index in [0.717, 1.165) is 30.6 Å². The van der Waals surface area contributed by atoms with Crippen LogP contribution in [0.15, 0.2) is 5.38 Å². The van der Waals surface area contributed by atoms with Crippen LogP contribution in [0.1, 0.15) is 35.8 Å². The van der Waals surface area contributed by atoms with Crippen LogP contribution in [0.2, 0.25) is 0 Å². The molecule has 88 valence electrons. The van der Waals surface area contributed by atoms with E-state index in [1.54, 1.807) is 0 Å². The number of amides is 1. The summed E-state index contributed by atoms with van der Waals surface area (Å²) in [5, 5.41) is 2.59. The van der Waals surface area contributed by atoms with E-state index in [0.29, 0.717) is 5.01 Å². The molecule has 1 aliphatic heterocycles. The minimum atomic E-state index is 0.135. The lowest BCUT2D eigenvalue weighted by molar-refractivity contribution is 0.0775. The number of likely N-dealkylation sites (tertiary alicyclic amines) is 1. The van der Waals surface area contributed by atoms with Crippen LogP contribution in [-0.4, -0.2) is 28.9 Å². The van der Waals surface area contributed by atoms with Gasteiger partial charge < -0.3 is 4.90 Å². The summed E-state index contributed by atoms with van der Waals surface area (Å²) < 4.78 is 0. The van der Waals surface area contributed by atoms with Crippen LogP contribution in [0.25, 0.3) is 0 Å². The highest BCUT2D eigenvalue weighted by molar-refractivity contribution is 7.11. The van der Waals surface area contributed by atoms with Crippen LogP contribution in [0.5, 0.6) is 0 Å². The van der Waals surface area contributed by atoms with Crippen molar-refractivity contribution in [1.29, 1.82) is 0 Å². The molecule has 3 nitrogen and oxygen atoms in total. The molecule has 1 saturated heterocycles. The molecule has 1 aromatic rings. The average Bonchev–Trinajstić information content (AvgIpc) is 2.75. The highest BCUT2D eigenvalue weighted by Crippen LogP contribution is 2.45. The van der Waals surface area contributed by atoms with Gasteiger partial charge in [-0.05, 0) is 25.2 Å². The maximum atomic E-state index is 11.9. The summed E-state index contributed by atoms with van der Waals surface area (Å²) >= 11 is 1.46. The topological polar surface area (TPSA) is 33.2 Å². The third-order valence-corrected chi connectivity index (χ3v) is 4.02. The predicted octanol–water partition coefficient (Wildman–Crippen LogP) is 2.57. The average molecular weight is 238 g/mol. The summed E-state index contributed by atoms with van der Waals surface area (Å²) in [6.45, 7) is 7.85. The molecule has 2 aliphatic rings. The van der Waals surface area contributed by atoms with Gasteiger partial charge in [-0.1, -0.05) is 13.8 Å². The fraction of sp³-hybridized carbons (Fsp3) is 0.667. The van der Waals surface area contributed by atoms with Gasteiger partial charge in [0.15, 0.2) is 5.01 Å².